The zero-order valence-corrected chi connectivity index (χ0v) is 10.4. The third-order valence-corrected chi connectivity index (χ3v) is 1.92. The van der Waals surface area contributed by atoms with Crippen LogP contribution in [0.15, 0.2) is 24.3 Å². The Morgan fingerprint density at radius 2 is 1.59 bits per heavy atom. The minimum atomic E-state index is -0.557. The second-order valence-corrected chi connectivity index (χ2v) is 4.57. The Bertz CT molecular complexity index is 429. The van der Waals surface area contributed by atoms with E-state index >= 15 is 0 Å². The molecule has 0 heterocycles. The second kappa shape index (κ2) is 4.99. The van der Waals surface area contributed by atoms with Crippen LogP contribution in [0.1, 0.15) is 41.5 Å². The molecule has 1 aromatic rings. The lowest BCUT2D eigenvalue weighted by atomic mass is 10.1. The Morgan fingerprint density at radius 1 is 1.06 bits per heavy atom. The van der Waals surface area contributed by atoms with E-state index in [0.717, 1.165) is 0 Å². The van der Waals surface area contributed by atoms with Gasteiger partial charge in [0.15, 0.2) is 0 Å². The first-order chi connectivity index (χ1) is 7.83. The molecule has 0 aliphatic heterocycles. The highest BCUT2D eigenvalue weighted by Crippen LogP contribution is 2.13. The summed E-state index contributed by atoms with van der Waals surface area (Å²) in [7, 11) is 1.29. The molecule has 4 nitrogen and oxygen atoms in total. The van der Waals surface area contributed by atoms with Crippen molar-refractivity contribution in [3.05, 3.63) is 35.4 Å². The van der Waals surface area contributed by atoms with E-state index in [9.17, 15) is 9.59 Å². The molecule has 0 saturated heterocycles. The van der Waals surface area contributed by atoms with Crippen LogP contribution in [0.4, 0.5) is 0 Å². The van der Waals surface area contributed by atoms with Crippen LogP contribution in [0.25, 0.3) is 0 Å². The summed E-state index contributed by atoms with van der Waals surface area (Å²) in [6.07, 6.45) is 0. The van der Waals surface area contributed by atoms with Gasteiger partial charge in [0, 0.05) is 0 Å². The maximum atomic E-state index is 11.7. The Labute approximate surface area is 101 Å². The van der Waals surface area contributed by atoms with Crippen molar-refractivity contribution in [2.24, 2.45) is 0 Å². The average Bonchev–Trinajstić information content (AvgIpc) is 2.26. The summed E-state index contributed by atoms with van der Waals surface area (Å²) in [4.78, 5) is 23.0. The molecular weight excluding hydrogens is 220 g/mol. The van der Waals surface area contributed by atoms with E-state index in [1.54, 1.807) is 39.0 Å². The van der Waals surface area contributed by atoms with Crippen molar-refractivity contribution in [1.82, 2.24) is 0 Å². The molecule has 0 amide bonds. The summed E-state index contributed by atoms with van der Waals surface area (Å²) in [6.45, 7) is 5.36. The molecule has 0 aliphatic carbocycles. The van der Waals surface area contributed by atoms with E-state index < -0.39 is 17.5 Å². The lowest BCUT2D eigenvalue weighted by molar-refractivity contribution is 0.00695. The Balaban J connectivity index is 2.92. The fourth-order valence-corrected chi connectivity index (χ4v) is 1.23. The number of hydrogen-bond donors (Lipinski definition) is 0. The number of ether oxygens (including phenoxy) is 2. The minimum Gasteiger partial charge on any atom is -0.465 e. The molecule has 0 fully saturated rings. The van der Waals surface area contributed by atoms with Gasteiger partial charge in [-0.15, -0.1) is 0 Å². The molecule has 4 heteroatoms. The highest BCUT2D eigenvalue weighted by molar-refractivity contribution is 5.95. The van der Waals surface area contributed by atoms with Gasteiger partial charge < -0.3 is 9.47 Å². The van der Waals surface area contributed by atoms with Crippen LogP contribution < -0.4 is 0 Å². The Kier molecular flexibility index (Phi) is 3.89. The molecule has 0 aromatic heterocycles. The van der Waals surface area contributed by atoms with Crippen LogP contribution >= 0.6 is 0 Å². The van der Waals surface area contributed by atoms with Gasteiger partial charge in [-0.3, -0.25) is 0 Å². The maximum absolute atomic E-state index is 11.7. The highest BCUT2D eigenvalue weighted by Gasteiger charge is 2.18. The van der Waals surface area contributed by atoms with Gasteiger partial charge in [-0.1, -0.05) is 6.07 Å². The van der Waals surface area contributed by atoms with Gasteiger partial charge in [-0.25, -0.2) is 9.59 Å². The topological polar surface area (TPSA) is 52.6 Å². The molecule has 1 aromatic carbocycles. The van der Waals surface area contributed by atoms with Crippen molar-refractivity contribution in [2.75, 3.05) is 7.11 Å². The molecule has 1 rings (SSSR count). The first-order valence-corrected chi connectivity index (χ1v) is 5.25. The summed E-state index contributed by atoms with van der Waals surface area (Å²) in [5.74, 6) is -0.932. The first kappa shape index (κ1) is 13.2. The fraction of sp³-hybridized carbons (Fsp3) is 0.385. The molecule has 92 valence electrons. The van der Waals surface area contributed by atoms with Crippen LogP contribution in [-0.4, -0.2) is 24.6 Å². The maximum Gasteiger partial charge on any atom is 0.338 e. The van der Waals surface area contributed by atoms with Crippen molar-refractivity contribution in [3.8, 4) is 0 Å². The van der Waals surface area contributed by atoms with Gasteiger partial charge in [0.2, 0.25) is 0 Å². The number of methoxy groups -OCH3 is 1. The van der Waals surface area contributed by atoms with Crippen molar-refractivity contribution in [1.29, 1.82) is 0 Å². The SMILES string of the molecule is COC(=O)c1cccc(C(=O)OC(C)(C)C)c1. The smallest absolute Gasteiger partial charge is 0.338 e. The minimum absolute atomic E-state index is 0.329. The van der Waals surface area contributed by atoms with Crippen LogP contribution in [0, 0.1) is 0 Å². The molecule has 0 aliphatic rings. The van der Waals surface area contributed by atoms with Gasteiger partial charge in [0.25, 0.3) is 0 Å². The van der Waals surface area contributed by atoms with E-state index in [0.29, 0.717) is 11.1 Å². The van der Waals surface area contributed by atoms with Gasteiger partial charge in [0.05, 0.1) is 18.2 Å². The molecule has 0 radical (unpaired) electrons. The molecule has 0 atom stereocenters. The van der Waals surface area contributed by atoms with E-state index in [2.05, 4.69) is 4.74 Å². The van der Waals surface area contributed by atoms with Gasteiger partial charge in [-0.05, 0) is 39.0 Å². The largest absolute Gasteiger partial charge is 0.465 e. The van der Waals surface area contributed by atoms with Crippen molar-refractivity contribution in [2.45, 2.75) is 26.4 Å². The Hall–Kier alpha value is -1.84. The molecular formula is C13H16O4. The van der Waals surface area contributed by atoms with Crippen molar-refractivity contribution in [3.63, 3.8) is 0 Å². The van der Waals surface area contributed by atoms with Gasteiger partial charge in [-0.2, -0.15) is 0 Å². The molecule has 0 spiro atoms. The average molecular weight is 236 g/mol. The lowest BCUT2D eigenvalue weighted by Crippen LogP contribution is -2.24. The predicted octanol–water partition coefficient (Wildman–Crippen LogP) is 2.43. The molecule has 0 N–H and O–H groups in total. The number of carbonyl (C=O) groups is 2. The van der Waals surface area contributed by atoms with Crippen molar-refractivity contribution < 1.29 is 19.1 Å². The number of rotatable bonds is 2. The number of benzene rings is 1. The zero-order valence-electron chi connectivity index (χ0n) is 10.4. The number of carbonyl (C=O) groups excluding carboxylic acids is 2. The van der Waals surface area contributed by atoms with E-state index in [1.165, 1.54) is 13.2 Å². The fourth-order valence-electron chi connectivity index (χ4n) is 1.23. The summed E-state index contributed by atoms with van der Waals surface area (Å²) in [6, 6.07) is 6.26. The number of esters is 2. The van der Waals surface area contributed by atoms with E-state index in [1.807, 2.05) is 0 Å². The molecule has 0 unspecified atom stereocenters. The molecule has 17 heavy (non-hydrogen) atoms. The lowest BCUT2D eigenvalue weighted by Gasteiger charge is -2.19. The summed E-state index contributed by atoms with van der Waals surface area (Å²) in [5.41, 5.74) is 0.108. The first-order valence-electron chi connectivity index (χ1n) is 5.25. The van der Waals surface area contributed by atoms with Crippen molar-refractivity contribution >= 4 is 11.9 Å². The van der Waals surface area contributed by atoms with E-state index in [-0.39, 0.29) is 0 Å². The van der Waals surface area contributed by atoms with Gasteiger partial charge in [0.1, 0.15) is 5.60 Å². The zero-order chi connectivity index (χ0) is 13.1. The third-order valence-electron chi connectivity index (χ3n) is 1.92. The molecule has 0 bridgehead atoms. The Morgan fingerprint density at radius 3 is 2.06 bits per heavy atom. The second-order valence-electron chi connectivity index (χ2n) is 4.57. The van der Waals surface area contributed by atoms with Crippen LogP contribution in [0.2, 0.25) is 0 Å². The van der Waals surface area contributed by atoms with Crippen LogP contribution in [-0.2, 0) is 9.47 Å². The van der Waals surface area contributed by atoms with Crippen LogP contribution in [0.5, 0.6) is 0 Å². The normalized spacial score (nSPS) is 10.8. The summed E-state index contributed by atoms with van der Waals surface area (Å²) in [5, 5.41) is 0. The van der Waals surface area contributed by atoms with Crippen LogP contribution in [0.3, 0.4) is 0 Å². The van der Waals surface area contributed by atoms with Gasteiger partial charge >= 0.3 is 11.9 Å². The number of hydrogen-bond acceptors (Lipinski definition) is 4. The summed E-state index contributed by atoms with van der Waals surface area (Å²) >= 11 is 0. The third kappa shape index (κ3) is 3.90. The monoisotopic (exact) mass is 236 g/mol. The summed E-state index contributed by atoms with van der Waals surface area (Å²) < 4.78 is 9.78. The molecule has 0 saturated carbocycles. The highest BCUT2D eigenvalue weighted by atomic mass is 16.6. The predicted molar refractivity (Wildman–Crippen MR) is 63.0 cm³/mol. The quantitative estimate of drug-likeness (QED) is 0.740. The standard InChI is InChI=1S/C13H16O4/c1-13(2,3)17-12(15)10-7-5-6-9(8-10)11(14)16-4/h5-8H,1-4H3. The van der Waals surface area contributed by atoms with E-state index in [4.69, 9.17) is 4.74 Å².